The molecule has 1 unspecified atom stereocenters. The Hall–Kier alpha value is 0.730. The molecule has 260 valence electrons. The summed E-state index contributed by atoms with van der Waals surface area (Å²) in [5, 5.41) is 0. The SMILES string of the molecule is CCCCCCCCCCCCCCCCCCCCCCCCCCCCCCCCCCCCCCCC(I)CC. The van der Waals surface area contributed by atoms with Gasteiger partial charge in [-0.3, -0.25) is 0 Å². The normalized spacial score (nSPS) is 12.3. The Morgan fingerprint density at radius 3 is 0.581 bits per heavy atom. The topological polar surface area (TPSA) is 0 Å². The summed E-state index contributed by atoms with van der Waals surface area (Å²) in [6.07, 6.45) is 57.8. The Balaban J connectivity index is 3.04. The average Bonchev–Trinajstić information content (AvgIpc) is 3.02. The van der Waals surface area contributed by atoms with Gasteiger partial charge in [-0.1, -0.05) is 274 Å². The molecule has 0 aromatic rings. The van der Waals surface area contributed by atoms with Crippen molar-refractivity contribution in [1.29, 1.82) is 0 Å². The lowest BCUT2D eigenvalue weighted by Crippen LogP contribution is -1.94. The van der Waals surface area contributed by atoms with E-state index in [-0.39, 0.29) is 0 Å². The lowest BCUT2D eigenvalue weighted by atomic mass is 10.0. The van der Waals surface area contributed by atoms with Gasteiger partial charge >= 0.3 is 0 Å². The van der Waals surface area contributed by atoms with Crippen molar-refractivity contribution in [3.8, 4) is 0 Å². The second kappa shape index (κ2) is 40.8. The highest BCUT2D eigenvalue weighted by molar-refractivity contribution is 14.1. The molecule has 0 spiro atoms. The molecule has 0 heterocycles. The van der Waals surface area contributed by atoms with Crippen LogP contribution in [0, 0.1) is 0 Å². The second-order valence-corrected chi connectivity index (χ2v) is 16.3. The second-order valence-electron chi connectivity index (χ2n) is 14.5. The van der Waals surface area contributed by atoms with Crippen molar-refractivity contribution < 1.29 is 0 Å². The van der Waals surface area contributed by atoms with Crippen molar-refractivity contribution in [3.63, 3.8) is 0 Å². The first-order chi connectivity index (χ1) is 21.3. The van der Waals surface area contributed by atoms with Gasteiger partial charge in [0.1, 0.15) is 0 Å². The zero-order chi connectivity index (χ0) is 31.2. The standard InChI is InChI=1S/C42H85I/c1-3-5-6-7-8-9-10-11-12-13-14-15-16-17-18-19-20-21-22-23-24-25-26-27-28-29-30-31-32-33-34-35-36-37-38-39-40-41-42(43)4-2/h42H,3-41H2,1-2H3. The third-order valence-corrected chi connectivity index (χ3v) is 11.6. The van der Waals surface area contributed by atoms with Crippen LogP contribution in [-0.4, -0.2) is 3.92 Å². The number of alkyl halides is 1. The third kappa shape index (κ3) is 40.7. The molecule has 0 radical (unpaired) electrons. The van der Waals surface area contributed by atoms with Crippen molar-refractivity contribution in [1.82, 2.24) is 0 Å². The van der Waals surface area contributed by atoms with E-state index in [1.165, 1.54) is 250 Å². The molecule has 1 atom stereocenters. The summed E-state index contributed by atoms with van der Waals surface area (Å²) in [4.78, 5) is 0. The molecule has 0 saturated heterocycles. The van der Waals surface area contributed by atoms with Gasteiger partial charge in [-0.05, 0) is 12.8 Å². The largest absolute Gasteiger partial charge is 0.0826 e. The molecule has 0 aromatic carbocycles. The van der Waals surface area contributed by atoms with E-state index in [2.05, 4.69) is 36.4 Å². The minimum atomic E-state index is 0.917. The fraction of sp³-hybridized carbons (Fsp3) is 1.00. The summed E-state index contributed by atoms with van der Waals surface area (Å²) in [5.74, 6) is 0. The predicted molar refractivity (Wildman–Crippen MR) is 209 cm³/mol. The van der Waals surface area contributed by atoms with Crippen LogP contribution in [0.2, 0.25) is 0 Å². The van der Waals surface area contributed by atoms with Crippen molar-refractivity contribution in [2.24, 2.45) is 0 Å². The van der Waals surface area contributed by atoms with Gasteiger partial charge in [0.25, 0.3) is 0 Å². The highest BCUT2D eigenvalue weighted by atomic mass is 127. The molecular weight excluding hydrogens is 631 g/mol. The molecule has 0 N–H and O–H groups in total. The molecule has 43 heavy (non-hydrogen) atoms. The lowest BCUT2D eigenvalue weighted by Gasteiger charge is -2.06. The Morgan fingerprint density at radius 1 is 0.256 bits per heavy atom. The van der Waals surface area contributed by atoms with Crippen LogP contribution in [0.15, 0.2) is 0 Å². The molecule has 0 aliphatic rings. The minimum Gasteiger partial charge on any atom is -0.0826 e. The van der Waals surface area contributed by atoms with Gasteiger partial charge in [0.05, 0.1) is 0 Å². The Kier molecular flexibility index (Phi) is 41.4. The van der Waals surface area contributed by atoms with Gasteiger partial charge in [-0.2, -0.15) is 0 Å². The smallest absolute Gasteiger partial charge is 0.0107 e. The van der Waals surface area contributed by atoms with E-state index in [1.54, 1.807) is 0 Å². The number of unbranched alkanes of at least 4 members (excludes halogenated alkanes) is 36. The maximum atomic E-state index is 2.62. The molecule has 0 bridgehead atoms. The van der Waals surface area contributed by atoms with E-state index >= 15 is 0 Å². The van der Waals surface area contributed by atoms with Crippen molar-refractivity contribution in [3.05, 3.63) is 0 Å². The van der Waals surface area contributed by atoms with Gasteiger partial charge in [0, 0.05) is 3.92 Å². The highest BCUT2D eigenvalue weighted by Crippen LogP contribution is 2.18. The molecule has 1 heteroatoms. The predicted octanol–water partition coefficient (Wildman–Crippen LogP) is 17.0. The number of hydrogen-bond acceptors (Lipinski definition) is 0. The average molecular weight is 717 g/mol. The van der Waals surface area contributed by atoms with Crippen LogP contribution in [-0.2, 0) is 0 Å². The molecule has 0 nitrogen and oxygen atoms in total. The summed E-state index contributed by atoms with van der Waals surface area (Å²) in [6.45, 7) is 4.63. The van der Waals surface area contributed by atoms with E-state index in [0.29, 0.717) is 0 Å². The van der Waals surface area contributed by atoms with Crippen LogP contribution in [0.4, 0.5) is 0 Å². The number of rotatable bonds is 39. The first-order valence-electron chi connectivity index (χ1n) is 20.9. The van der Waals surface area contributed by atoms with Gasteiger partial charge in [-0.25, -0.2) is 0 Å². The fourth-order valence-electron chi connectivity index (χ4n) is 6.83. The molecular formula is C42H85I. The van der Waals surface area contributed by atoms with E-state index in [0.717, 1.165) is 3.92 Å². The highest BCUT2D eigenvalue weighted by Gasteiger charge is 2.00. The molecule has 0 aliphatic carbocycles. The van der Waals surface area contributed by atoms with E-state index in [4.69, 9.17) is 0 Å². The fourth-order valence-corrected chi connectivity index (χ4v) is 7.27. The van der Waals surface area contributed by atoms with Gasteiger partial charge in [-0.15, -0.1) is 0 Å². The van der Waals surface area contributed by atoms with E-state index in [9.17, 15) is 0 Å². The maximum absolute atomic E-state index is 2.62. The molecule has 0 amide bonds. The molecule has 0 aromatic heterocycles. The van der Waals surface area contributed by atoms with Crippen LogP contribution < -0.4 is 0 Å². The van der Waals surface area contributed by atoms with Crippen LogP contribution in [0.1, 0.15) is 264 Å². The first-order valence-corrected chi connectivity index (χ1v) is 22.2. The zero-order valence-electron chi connectivity index (χ0n) is 30.5. The summed E-state index contributed by atoms with van der Waals surface area (Å²) in [6, 6.07) is 0. The van der Waals surface area contributed by atoms with Gasteiger partial charge in [0.2, 0.25) is 0 Å². The summed E-state index contributed by atoms with van der Waals surface area (Å²) < 4.78 is 0.917. The minimum absolute atomic E-state index is 0.917. The molecule has 0 saturated carbocycles. The monoisotopic (exact) mass is 717 g/mol. The zero-order valence-corrected chi connectivity index (χ0v) is 32.7. The van der Waals surface area contributed by atoms with Crippen LogP contribution in [0.5, 0.6) is 0 Å². The number of halogens is 1. The summed E-state index contributed by atoms with van der Waals surface area (Å²) in [5.41, 5.74) is 0. The van der Waals surface area contributed by atoms with E-state index in [1.807, 2.05) is 0 Å². The molecule has 0 fully saturated rings. The molecule has 0 rings (SSSR count). The van der Waals surface area contributed by atoms with Crippen LogP contribution in [0.25, 0.3) is 0 Å². The summed E-state index contributed by atoms with van der Waals surface area (Å²) >= 11 is 2.62. The Labute approximate surface area is 289 Å². The Morgan fingerprint density at radius 2 is 0.419 bits per heavy atom. The van der Waals surface area contributed by atoms with Crippen molar-refractivity contribution >= 4 is 22.6 Å². The van der Waals surface area contributed by atoms with Crippen LogP contribution >= 0.6 is 22.6 Å². The molecule has 0 aliphatic heterocycles. The van der Waals surface area contributed by atoms with Gasteiger partial charge < -0.3 is 0 Å². The number of hydrogen-bond donors (Lipinski definition) is 0. The maximum Gasteiger partial charge on any atom is 0.0107 e. The Bertz CT molecular complexity index is 460. The first kappa shape index (κ1) is 43.7. The lowest BCUT2D eigenvalue weighted by molar-refractivity contribution is 0.510. The third-order valence-electron chi connectivity index (χ3n) is 10.1. The van der Waals surface area contributed by atoms with Crippen molar-refractivity contribution in [2.45, 2.75) is 268 Å². The van der Waals surface area contributed by atoms with Gasteiger partial charge in [0.15, 0.2) is 0 Å². The van der Waals surface area contributed by atoms with Crippen LogP contribution in [0.3, 0.4) is 0 Å². The van der Waals surface area contributed by atoms with E-state index < -0.39 is 0 Å². The van der Waals surface area contributed by atoms with Crippen molar-refractivity contribution in [2.75, 3.05) is 0 Å². The quantitative estimate of drug-likeness (QED) is 0.0337. The summed E-state index contributed by atoms with van der Waals surface area (Å²) in [7, 11) is 0.